The Bertz CT molecular complexity index is 370. The van der Waals surface area contributed by atoms with E-state index in [-0.39, 0.29) is 16.8 Å². The maximum absolute atomic E-state index is 10.7. The van der Waals surface area contributed by atoms with E-state index >= 15 is 0 Å². The number of ether oxygens (including phenoxy) is 1. The summed E-state index contributed by atoms with van der Waals surface area (Å²) in [6.45, 7) is 1.85. The molecule has 15 heavy (non-hydrogen) atoms. The number of carbonyl (C=O) groups is 1. The summed E-state index contributed by atoms with van der Waals surface area (Å²) in [7, 11) is 1.57. The van der Waals surface area contributed by atoms with Crippen molar-refractivity contribution < 1.29 is 14.6 Å². The third kappa shape index (κ3) is 3.14. The molecule has 1 heterocycles. The number of carboxylic acids is 1. The lowest BCUT2D eigenvalue weighted by Gasteiger charge is -2.08. The quantitative estimate of drug-likeness (QED) is 0.847. The van der Waals surface area contributed by atoms with Crippen LogP contribution in [0, 0.1) is 0 Å². The highest BCUT2D eigenvalue weighted by atomic mass is 35.5. The van der Waals surface area contributed by atoms with E-state index in [1.165, 1.54) is 6.20 Å². The molecule has 82 valence electrons. The maximum Gasteiger partial charge on any atom is 0.356 e. The van der Waals surface area contributed by atoms with Gasteiger partial charge in [-0.05, 0) is 6.92 Å². The summed E-state index contributed by atoms with van der Waals surface area (Å²) in [6.07, 6.45) is 1.68. The molecule has 1 rings (SSSR count). The average molecular weight is 231 g/mol. The van der Waals surface area contributed by atoms with Crippen molar-refractivity contribution in [1.29, 1.82) is 0 Å². The number of nitrogens with zero attached hydrogens (tertiary/aromatic N) is 2. The molecule has 1 atom stereocenters. The molecule has 0 saturated carbocycles. The smallest absolute Gasteiger partial charge is 0.356 e. The molecule has 0 amide bonds. The van der Waals surface area contributed by atoms with E-state index in [1.54, 1.807) is 7.11 Å². The molecule has 1 N–H and O–H groups in total. The Labute approximate surface area is 92.1 Å². The molecule has 0 saturated heterocycles. The van der Waals surface area contributed by atoms with Gasteiger partial charge in [0, 0.05) is 13.5 Å². The Morgan fingerprint density at radius 1 is 1.73 bits per heavy atom. The van der Waals surface area contributed by atoms with Crippen molar-refractivity contribution in [1.82, 2.24) is 9.97 Å². The molecule has 0 bridgehead atoms. The molecule has 5 nitrogen and oxygen atoms in total. The first-order valence-electron chi connectivity index (χ1n) is 4.32. The minimum absolute atomic E-state index is 0.0383. The monoisotopic (exact) mass is 230 g/mol. The van der Waals surface area contributed by atoms with Gasteiger partial charge < -0.3 is 9.84 Å². The minimum atomic E-state index is -1.16. The van der Waals surface area contributed by atoms with Crippen LogP contribution in [0.2, 0.25) is 5.02 Å². The van der Waals surface area contributed by atoms with E-state index in [1.807, 2.05) is 6.92 Å². The van der Waals surface area contributed by atoms with Crippen LogP contribution in [0.1, 0.15) is 23.2 Å². The van der Waals surface area contributed by atoms with Gasteiger partial charge in [-0.25, -0.2) is 14.8 Å². The zero-order chi connectivity index (χ0) is 11.4. The topological polar surface area (TPSA) is 72.3 Å². The van der Waals surface area contributed by atoms with Crippen molar-refractivity contribution in [3.8, 4) is 0 Å². The average Bonchev–Trinajstić information content (AvgIpc) is 2.20. The molecular weight excluding hydrogens is 220 g/mol. The lowest BCUT2D eigenvalue weighted by Crippen LogP contribution is -2.13. The predicted octanol–water partition coefficient (Wildman–Crippen LogP) is 1.41. The number of methoxy groups -OCH3 is 1. The Hall–Kier alpha value is -1.20. The first-order chi connectivity index (χ1) is 7.04. The molecule has 0 radical (unpaired) electrons. The lowest BCUT2D eigenvalue weighted by molar-refractivity contribution is 0.0689. The Morgan fingerprint density at radius 3 is 2.93 bits per heavy atom. The molecule has 6 heteroatoms. The van der Waals surface area contributed by atoms with Gasteiger partial charge in [0.2, 0.25) is 0 Å². The van der Waals surface area contributed by atoms with E-state index < -0.39 is 5.97 Å². The second-order valence-corrected chi connectivity index (χ2v) is 3.45. The summed E-state index contributed by atoms with van der Waals surface area (Å²) in [4.78, 5) is 18.5. The van der Waals surface area contributed by atoms with Gasteiger partial charge in [-0.3, -0.25) is 0 Å². The van der Waals surface area contributed by atoms with Crippen LogP contribution in [-0.4, -0.2) is 34.3 Å². The van der Waals surface area contributed by atoms with Crippen molar-refractivity contribution in [3.63, 3.8) is 0 Å². The SMILES string of the molecule is COC(C)Cc1ncc(Cl)c(C(=O)O)n1. The van der Waals surface area contributed by atoms with Gasteiger partial charge in [0.25, 0.3) is 0 Å². The Balaban J connectivity index is 2.92. The van der Waals surface area contributed by atoms with E-state index in [4.69, 9.17) is 21.4 Å². The van der Waals surface area contributed by atoms with Crippen molar-refractivity contribution >= 4 is 17.6 Å². The third-order valence-corrected chi connectivity index (χ3v) is 2.15. The summed E-state index contributed by atoms with van der Waals surface area (Å²) in [5, 5.41) is 8.81. The first-order valence-corrected chi connectivity index (χ1v) is 4.70. The van der Waals surface area contributed by atoms with Crippen molar-refractivity contribution in [2.75, 3.05) is 7.11 Å². The Morgan fingerprint density at radius 2 is 2.40 bits per heavy atom. The molecule has 0 fully saturated rings. The predicted molar refractivity (Wildman–Crippen MR) is 54.2 cm³/mol. The van der Waals surface area contributed by atoms with Crippen molar-refractivity contribution in [3.05, 3.63) is 22.7 Å². The van der Waals surface area contributed by atoms with Gasteiger partial charge in [-0.15, -0.1) is 0 Å². The van der Waals surface area contributed by atoms with Crippen LogP contribution in [0.4, 0.5) is 0 Å². The fraction of sp³-hybridized carbons (Fsp3) is 0.444. The van der Waals surface area contributed by atoms with E-state index in [0.717, 1.165) is 0 Å². The lowest BCUT2D eigenvalue weighted by atomic mass is 10.2. The summed E-state index contributed by atoms with van der Waals surface area (Å²) in [6, 6.07) is 0. The van der Waals surface area contributed by atoms with Crippen LogP contribution < -0.4 is 0 Å². The second kappa shape index (κ2) is 5.04. The molecule has 0 aromatic carbocycles. The largest absolute Gasteiger partial charge is 0.476 e. The van der Waals surface area contributed by atoms with E-state index in [2.05, 4.69) is 9.97 Å². The molecular formula is C9H11ClN2O3. The normalized spacial score (nSPS) is 12.5. The zero-order valence-electron chi connectivity index (χ0n) is 8.40. The molecule has 0 spiro atoms. The highest BCUT2D eigenvalue weighted by molar-refractivity contribution is 6.33. The van der Waals surface area contributed by atoms with E-state index in [9.17, 15) is 4.79 Å². The van der Waals surface area contributed by atoms with Gasteiger partial charge in [-0.2, -0.15) is 0 Å². The molecule has 1 aromatic rings. The standard InChI is InChI=1S/C9H11ClN2O3/c1-5(15-2)3-7-11-4-6(10)8(12-7)9(13)14/h4-5H,3H2,1-2H3,(H,13,14). The summed E-state index contributed by atoms with van der Waals surface area (Å²) < 4.78 is 5.02. The number of hydrogen-bond acceptors (Lipinski definition) is 4. The van der Waals surface area contributed by atoms with Crippen LogP contribution in [-0.2, 0) is 11.2 Å². The van der Waals surface area contributed by atoms with Gasteiger partial charge >= 0.3 is 5.97 Å². The fourth-order valence-corrected chi connectivity index (χ4v) is 1.16. The van der Waals surface area contributed by atoms with Gasteiger partial charge in [0.1, 0.15) is 5.82 Å². The van der Waals surface area contributed by atoms with E-state index in [0.29, 0.717) is 12.2 Å². The van der Waals surface area contributed by atoms with Crippen molar-refractivity contribution in [2.24, 2.45) is 0 Å². The minimum Gasteiger partial charge on any atom is -0.476 e. The number of carboxylic acid groups (broad SMARTS) is 1. The highest BCUT2D eigenvalue weighted by Gasteiger charge is 2.13. The van der Waals surface area contributed by atoms with Gasteiger partial charge in [0.15, 0.2) is 5.69 Å². The number of rotatable bonds is 4. The molecule has 0 aliphatic heterocycles. The zero-order valence-corrected chi connectivity index (χ0v) is 9.15. The second-order valence-electron chi connectivity index (χ2n) is 3.04. The molecule has 0 aliphatic rings. The Kier molecular flexibility index (Phi) is 3.99. The maximum atomic E-state index is 10.7. The number of halogens is 1. The van der Waals surface area contributed by atoms with Crippen LogP contribution in [0.25, 0.3) is 0 Å². The number of aromatic carboxylic acids is 1. The van der Waals surface area contributed by atoms with Crippen LogP contribution >= 0.6 is 11.6 Å². The molecule has 1 unspecified atom stereocenters. The van der Waals surface area contributed by atoms with Crippen LogP contribution in [0.15, 0.2) is 6.20 Å². The first kappa shape index (κ1) is 11.9. The fourth-order valence-electron chi connectivity index (χ4n) is 0.992. The summed E-state index contributed by atoms with van der Waals surface area (Å²) in [5.41, 5.74) is -0.176. The number of hydrogen-bond donors (Lipinski definition) is 1. The summed E-state index contributed by atoms with van der Waals surface area (Å²) in [5.74, 6) is -0.750. The molecule has 0 aliphatic carbocycles. The third-order valence-electron chi connectivity index (χ3n) is 1.87. The highest BCUT2D eigenvalue weighted by Crippen LogP contribution is 2.12. The van der Waals surface area contributed by atoms with Crippen molar-refractivity contribution in [2.45, 2.75) is 19.4 Å². The van der Waals surface area contributed by atoms with Crippen LogP contribution in [0.3, 0.4) is 0 Å². The number of aromatic nitrogens is 2. The molecule has 1 aromatic heterocycles. The van der Waals surface area contributed by atoms with Gasteiger partial charge in [-0.1, -0.05) is 11.6 Å². The van der Waals surface area contributed by atoms with Crippen LogP contribution in [0.5, 0.6) is 0 Å². The van der Waals surface area contributed by atoms with Gasteiger partial charge in [0.05, 0.1) is 17.3 Å². The summed E-state index contributed by atoms with van der Waals surface area (Å²) >= 11 is 5.62.